The molecule has 0 saturated carbocycles. The maximum absolute atomic E-state index is 8.15. The predicted molar refractivity (Wildman–Crippen MR) is 45.6 cm³/mol. The van der Waals surface area contributed by atoms with E-state index >= 15 is 0 Å². The number of rotatable bonds is 3. The summed E-state index contributed by atoms with van der Waals surface area (Å²) >= 11 is 0. The molecule has 0 radical (unpaired) electrons. The lowest BCUT2D eigenvalue weighted by molar-refractivity contribution is 0.944. The second-order valence-electron chi connectivity index (χ2n) is 2.52. The predicted octanol–water partition coefficient (Wildman–Crippen LogP) is 2.09. The summed E-state index contributed by atoms with van der Waals surface area (Å²) in [7, 11) is 0. The molecule has 0 aliphatic carbocycles. The van der Waals surface area contributed by atoms with E-state index in [-0.39, 0.29) is 0 Å². The number of aromatic nitrogens is 2. The van der Waals surface area contributed by atoms with Crippen LogP contribution >= 0.6 is 0 Å². The summed E-state index contributed by atoms with van der Waals surface area (Å²) in [5.41, 5.74) is 11.1. The van der Waals surface area contributed by atoms with E-state index in [1.807, 2.05) is 13.8 Å². The Bertz CT molecular complexity index is 308. The van der Waals surface area contributed by atoms with Crippen LogP contribution in [0.4, 0.5) is 0 Å². The van der Waals surface area contributed by atoms with Gasteiger partial charge in [0.25, 0.3) is 0 Å². The van der Waals surface area contributed by atoms with Gasteiger partial charge in [0, 0.05) is 16.2 Å². The van der Waals surface area contributed by atoms with Gasteiger partial charge >= 0.3 is 0 Å². The molecule has 0 fully saturated rings. The minimum Gasteiger partial charge on any atom is -0.282 e. The van der Waals surface area contributed by atoms with Crippen LogP contribution in [0.25, 0.3) is 10.4 Å². The fourth-order valence-electron chi connectivity index (χ4n) is 1.11. The quantitative estimate of drug-likeness (QED) is 0.415. The van der Waals surface area contributed by atoms with Crippen molar-refractivity contribution in [1.82, 2.24) is 10.2 Å². The summed E-state index contributed by atoms with van der Waals surface area (Å²) in [5, 5.41) is 10.4. The number of nitrogens with one attached hydrogen (secondary N) is 1. The van der Waals surface area contributed by atoms with E-state index in [1.54, 1.807) is 0 Å². The zero-order valence-corrected chi connectivity index (χ0v) is 7.20. The van der Waals surface area contributed by atoms with Crippen molar-refractivity contribution >= 4 is 0 Å². The molecule has 1 heterocycles. The zero-order chi connectivity index (χ0) is 8.97. The van der Waals surface area contributed by atoms with Crippen LogP contribution < -0.4 is 0 Å². The molecule has 0 saturated heterocycles. The first-order valence-corrected chi connectivity index (χ1v) is 3.83. The fourth-order valence-corrected chi connectivity index (χ4v) is 1.11. The van der Waals surface area contributed by atoms with E-state index in [0.717, 1.165) is 23.4 Å². The highest BCUT2D eigenvalue weighted by Crippen LogP contribution is 2.12. The Morgan fingerprint density at radius 1 is 1.67 bits per heavy atom. The van der Waals surface area contributed by atoms with Crippen LogP contribution in [0.1, 0.15) is 23.9 Å². The monoisotopic (exact) mass is 165 g/mol. The normalized spacial score (nSPS) is 9.50. The van der Waals surface area contributed by atoms with E-state index in [2.05, 4.69) is 20.2 Å². The van der Waals surface area contributed by atoms with Crippen LogP contribution in [0.3, 0.4) is 0 Å². The Kier molecular flexibility index (Phi) is 2.71. The molecule has 1 aromatic heterocycles. The Hall–Kier alpha value is -1.48. The molecule has 0 atom stereocenters. The van der Waals surface area contributed by atoms with Crippen molar-refractivity contribution in [3.05, 3.63) is 27.4 Å². The maximum Gasteiger partial charge on any atom is 0.0655 e. The van der Waals surface area contributed by atoms with Crippen LogP contribution in [0.15, 0.2) is 5.11 Å². The number of H-pyrrole nitrogens is 1. The van der Waals surface area contributed by atoms with E-state index in [1.165, 1.54) is 0 Å². The van der Waals surface area contributed by atoms with E-state index < -0.39 is 0 Å². The Balaban J connectivity index is 2.93. The van der Waals surface area contributed by atoms with Crippen molar-refractivity contribution in [2.45, 2.75) is 26.8 Å². The second-order valence-corrected chi connectivity index (χ2v) is 2.52. The van der Waals surface area contributed by atoms with Gasteiger partial charge in [0.15, 0.2) is 0 Å². The molecule has 1 rings (SSSR count). The second kappa shape index (κ2) is 3.78. The highest BCUT2D eigenvalue weighted by atomic mass is 15.2. The number of aryl methyl sites for hydroxylation is 2. The van der Waals surface area contributed by atoms with E-state index in [4.69, 9.17) is 5.53 Å². The maximum atomic E-state index is 8.15. The van der Waals surface area contributed by atoms with Gasteiger partial charge in [-0.15, -0.1) is 0 Å². The summed E-state index contributed by atoms with van der Waals surface area (Å²) in [5.74, 6) is 0. The van der Waals surface area contributed by atoms with Gasteiger partial charge in [-0.1, -0.05) is 12.0 Å². The van der Waals surface area contributed by atoms with Crippen molar-refractivity contribution in [3.8, 4) is 0 Å². The zero-order valence-electron chi connectivity index (χ0n) is 7.20. The molecule has 5 nitrogen and oxygen atoms in total. The van der Waals surface area contributed by atoms with Crippen molar-refractivity contribution in [2.75, 3.05) is 0 Å². The van der Waals surface area contributed by atoms with E-state index in [9.17, 15) is 0 Å². The van der Waals surface area contributed by atoms with Crippen LogP contribution in [-0.2, 0) is 13.0 Å². The van der Waals surface area contributed by atoms with Gasteiger partial charge in [0.05, 0.1) is 12.2 Å². The number of aromatic amines is 1. The average Bonchev–Trinajstić information content (AvgIpc) is 2.43. The highest BCUT2D eigenvalue weighted by molar-refractivity contribution is 5.24. The molecule has 0 aliphatic rings. The largest absolute Gasteiger partial charge is 0.282 e. The molecule has 0 spiro atoms. The summed E-state index contributed by atoms with van der Waals surface area (Å²) in [6.45, 7) is 4.34. The third kappa shape index (κ3) is 1.57. The molecule has 0 aromatic carbocycles. The molecule has 5 heteroatoms. The number of hydrogen-bond donors (Lipinski definition) is 1. The summed E-state index contributed by atoms with van der Waals surface area (Å²) in [4.78, 5) is 2.71. The van der Waals surface area contributed by atoms with Crippen molar-refractivity contribution < 1.29 is 0 Å². The Morgan fingerprint density at radius 2 is 2.42 bits per heavy atom. The molecule has 0 amide bonds. The van der Waals surface area contributed by atoms with Gasteiger partial charge in [0.1, 0.15) is 0 Å². The van der Waals surface area contributed by atoms with Crippen molar-refractivity contribution in [3.63, 3.8) is 0 Å². The van der Waals surface area contributed by atoms with Crippen molar-refractivity contribution in [1.29, 1.82) is 0 Å². The van der Waals surface area contributed by atoms with Crippen molar-refractivity contribution in [2.24, 2.45) is 5.11 Å². The lowest BCUT2D eigenvalue weighted by Gasteiger charge is -1.94. The van der Waals surface area contributed by atoms with Gasteiger partial charge < -0.3 is 0 Å². The molecule has 0 aliphatic heterocycles. The first-order valence-electron chi connectivity index (χ1n) is 3.83. The first kappa shape index (κ1) is 8.62. The van der Waals surface area contributed by atoms with E-state index in [0.29, 0.717) is 6.54 Å². The number of nitrogens with zero attached hydrogens (tertiary/aromatic N) is 4. The van der Waals surface area contributed by atoms with Crippen LogP contribution in [-0.4, -0.2) is 10.2 Å². The molecule has 12 heavy (non-hydrogen) atoms. The Labute approximate surface area is 70.4 Å². The molecular formula is C7H11N5. The average molecular weight is 165 g/mol. The molecular weight excluding hydrogens is 154 g/mol. The third-order valence-electron chi connectivity index (χ3n) is 1.79. The molecule has 1 N–H and O–H groups in total. The SMILES string of the molecule is CCc1n[nH]c(C)c1CN=[N+]=[N-]. The topological polar surface area (TPSA) is 77.4 Å². The van der Waals surface area contributed by atoms with Gasteiger partial charge in [0.2, 0.25) is 0 Å². The van der Waals surface area contributed by atoms with Crippen LogP contribution in [0.5, 0.6) is 0 Å². The lowest BCUT2D eigenvalue weighted by atomic mass is 10.1. The first-order chi connectivity index (χ1) is 5.79. The van der Waals surface area contributed by atoms with Crippen LogP contribution in [0.2, 0.25) is 0 Å². The molecule has 1 aromatic rings. The molecule has 0 unspecified atom stereocenters. The minimum atomic E-state index is 0.391. The smallest absolute Gasteiger partial charge is 0.0655 e. The van der Waals surface area contributed by atoms with Gasteiger partial charge in [-0.2, -0.15) is 5.10 Å². The summed E-state index contributed by atoms with van der Waals surface area (Å²) < 4.78 is 0. The summed E-state index contributed by atoms with van der Waals surface area (Å²) in [6.07, 6.45) is 0.862. The van der Waals surface area contributed by atoms with Gasteiger partial charge in [-0.25, -0.2) is 0 Å². The van der Waals surface area contributed by atoms with Gasteiger partial charge in [-0.3, -0.25) is 5.10 Å². The highest BCUT2D eigenvalue weighted by Gasteiger charge is 2.06. The number of azide groups is 1. The fraction of sp³-hybridized carbons (Fsp3) is 0.571. The third-order valence-corrected chi connectivity index (χ3v) is 1.79. The molecule has 0 bridgehead atoms. The standard InChI is InChI=1S/C7H11N5/c1-3-7-6(4-9-12-8)5(2)10-11-7/h3-4H2,1-2H3,(H,10,11). The summed E-state index contributed by atoms with van der Waals surface area (Å²) in [6, 6.07) is 0. The van der Waals surface area contributed by atoms with Crippen LogP contribution in [0, 0.1) is 6.92 Å². The lowest BCUT2D eigenvalue weighted by Crippen LogP contribution is -1.88. The molecule has 64 valence electrons. The minimum absolute atomic E-state index is 0.391. The number of hydrogen-bond acceptors (Lipinski definition) is 2. The Morgan fingerprint density at radius 3 is 3.00 bits per heavy atom. The van der Waals surface area contributed by atoms with Gasteiger partial charge in [-0.05, 0) is 18.9 Å².